The molecule has 0 atom stereocenters. The summed E-state index contributed by atoms with van der Waals surface area (Å²) >= 11 is 0. The minimum absolute atomic E-state index is 0.970. The van der Waals surface area contributed by atoms with Gasteiger partial charge in [0.15, 0.2) is 6.34 Å². The van der Waals surface area contributed by atoms with Crippen LogP contribution in [0.3, 0.4) is 0 Å². The van der Waals surface area contributed by atoms with Gasteiger partial charge in [0.25, 0.3) is 0 Å². The Balaban J connectivity index is 3.29. The molecule has 0 saturated heterocycles. The predicted molar refractivity (Wildman–Crippen MR) is 39.9 cm³/mol. The summed E-state index contributed by atoms with van der Waals surface area (Å²) in [6.45, 7) is 6.16. The average molecular weight is 127 g/mol. The van der Waals surface area contributed by atoms with Crippen molar-refractivity contribution in [3.05, 3.63) is 0 Å². The Morgan fingerprint density at radius 2 is 1.67 bits per heavy atom. The molecule has 2 nitrogen and oxygen atoms in total. The maximum atomic E-state index is 6.84. The lowest BCUT2D eigenvalue weighted by Crippen LogP contribution is -2.22. The molecule has 0 spiro atoms. The normalized spacial score (nSPS) is 9.11. The lowest BCUT2D eigenvalue weighted by atomic mass is 10.4. The van der Waals surface area contributed by atoms with Crippen LogP contribution in [0.25, 0.3) is 0 Å². The van der Waals surface area contributed by atoms with Crippen molar-refractivity contribution in [3.8, 4) is 0 Å². The molecule has 0 aromatic carbocycles. The molecule has 0 aliphatic heterocycles. The third-order valence-corrected chi connectivity index (χ3v) is 1.15. The van der Waals surface area contributed by atoms with Crippen LogP contribution in [0.15, 0.2) is 0 Å². The van der Waals surface area contributed by atoms with Crippen LogP contribution in [0.2, 0.25) is 0 Å². The summed E-state index contributed by atoms with van der Waals surface area (Å²) in [6, 6.07) is 0. The molecule has 0 amide bonds. The highest BCUT2D eigenvalue weighted by Crippen LogP contribution is 1.88. The van der Waals surface area contributed by atoms with Crippen LogP contribution in [0.4, 0.5) is 0 Å². The van der Waals surface area contributed by atoms with Crippen LogP contribution >= 0.6 is 0 Å². The Morgan fingerprint density at radius 3 is 1.89 bits per heavy atom. The number of nitrogens with zero attached hydrogens (tertiary/aromatic N) is 1. The third-order valence-electron chi connectivity index (χ3n) is 1.15. The van der Waals surface area contributed by atoms with Gasteiger partial charge in [0.2, 0.25) is 0 Å². The van der Waals surface area contributed by atoms with Crippen molar-refractivity contribution < 1.29 is 0 Å². The average Bonchev–Trinajstić information content (AvgIpc) is 1.88. The highest BCUT2D eigenvalue weighted by Gasteiger charge is 1.93. The fourth-order valence-corrected chi connectivity index (χ4v) is 0.763. The summed E-state index contributed by atoms with van der Waals surface area (Å²) in [5.74, 6) is 0. The smallest absolute Gasteiger partial charge is 0.163 e. The molecule has 0 fully saturated rings. The molecule has 53 valence electrons. The molecule has 0 bridgehead atoms. The molecule has 0 heterocycles. The van der Waals surface area contributed by atoms with E-state index in [1.807, 2.05) is 4.90 Å². The van der Waals surface area contributed by atoms with Crippen LogP contribution in [-0.4, -0.2) is 24.3 Å². The SMILES string of the molecule is CCCN([C]=N)CCC. The highest BCUT2D eigenvalue weighted by atomic mass is 15.1. The molecule has 2 heteroatoms. The standard InChI is InChI=1S/C7H15N2/c1-3-5-9(7-8)6-4-2/h8H,3-6H2,1-2H3. The molecule has 0 saturated carbocycles. The van der Waals surface area contributed by atoms with Crippen molar-refractivity contribution >= 4 is 6.34 Å². The lowest BCUT2D eigenvalue weighted by Gasteiger charge is -2.14. The number of hydrogen-bond acceptors (Lipinski definition) is 1. The number of hydrogen-bond donors (Lipinski definition) is 1. The molecule has 0 rings (SSSR count). The first-order valence-corrected chi connectivity index (χ1v) is 3.52. The maximum Gasteiger partial charge on any atom is 0.163 e. The van der Waals surface area contributed by atoms with E-state index < -0.39 is 0 Å². The minimum Gasteiger partial charge on any atom is -0.354 e. The van der Waals surface area contributed by atoms with Crippen LogP contribution in [0, 0.1) is 5.41 Å². The molecule has 0 aromatic rings. The topological polar surface area (TPSA) is 27.1 Å². The first kappa shape index (κ1) is 8.47. The summed E-state index contributed by atoms with van der Waals surface area (Å²) in [7, 11) is 0. The van der Waals surface area contributed by atoms with Crippen molar-refractivity contribution in [1.82, 2.24) is 4.90 Å². The molecule has 0 aliphatic carbocycles. The van der Waals surface area contributed by atoms with Crippen molar-refractivity contribution in [3.63, 3.8) is 0 Å². The fraction of sp³-hybridized carbons (Fsp3) is 0.857. The first-order valence-electron chi connectivity index (χ1n) is 3.52. The van der Waals surface area contributed by atoms with Crippen molar-refractivity contribution in [1.29, 1.82) is 5.41 Å². The summed E-state index contributed by atoms with van der Waals surface area (Å²) in [5.41, 5.74) is 0. The van der Waals surface area contributed by atoms with Crippen molar-refractivity contribution in [2.45, 2.75) is 26.7 Å². The molecular formula is C7H15N2. The van der Waals surface area contributed by atoms with Gasteiger partial charge in [0.1, 0.15) is 0 Å². The molecule has 0 aliphatic rings. The molecule has 9 heavy (non-hydrogen) atoms. The monoisotopic (exact) mass is 127 g/mol. The second kappa shape index (κ2) is 5.60. The van der Waals surface area contributed by atoms with Gasteiger partial charge < -0.3 is 4.90 Å². The molecule has 1 radical (unpaired) electrons. The zero-order chi connectivity index (χ0) is 7.11. The van der Waals surface area contributed by atoms with Gasteiger partial charge in [-0.25, -0.2) is 0 Å². The Hall–Kier alpha value is -0.530. The van der Waals surface area contributed by atoms with Gasteiger partial charge in [0, 0.05) is 13.1 Å². The zero-order valence-corrected chi connectivity index (χ0v) is 6.28. The van der Waals surface area contributed by atoms with Gasteiger partial charge >= 0.3 is 0 Å². The van der Waals surface area contributed by atoms with Gasteiger partial charge in [-0.3, -0.25) is 5.41 Å². The largest absolute Gasteiger partial charge is 0.354 e. The summed E-state index contributed by atoms with van der Waals surface area (Å²) in [4.78, 5) is 1.90. The van der Waals surface area contributed by atoms with Crippen LogP contribution < -0.4 is 0 Å². The predicted octanol–water partition coefficient (Wildman–Crippen LogP) is 1.59. The number of rotatable bonds is 5. The van der Waals surface area contributed by atoms with E-state index in [0.717, 1.165) is 25.9 Å². The van der Waals surface area contributed by atoms with Crippen molar-refractivity contribution in [2.75, 3.05) is 13.1 Å². The zero-order valence-electron chi connectivity index (χ0n) is 6.28. The Kier molecular flexibility index (Phi) is 5.27. The van der Waals surface area contributed by atoms with E-state index in [1.165, 1.54) is 0 Å². The van der Waals surface area contributed by atoms with E-state index in [1.54, 1.807) is 0 Å². The van der Waals surface area contributed by atoms with E-state index in [9.17, 15) is 0 Å². The number of nitrogens with one attached hydrogen (secondary N) is 1. The Labute approximate surface area is 57.4 Å². The van der Waals surface area contributed by atoms with Crippen molar-refractivity contribution in [2.24, 2.45) is 0 Å². The van der Waals surface area contributed by atoms with Gasteiger partial charge in [-0.2, -0.15) is 0 Å². The Bertz CT molecular complexity index is 65.3. The van der Waals surface area contributed by atoms with E-state index in [4.69, 9.17) is 5.41 Å². The first-order chi connectivity index (χ1) is 4.35. The quantitative estimate of drug-likeness (QED) is 0.339. The van der Waals surface area contributed by atoms with Crippen LogP contribution in [0.1, 0.15) is 26.7 Å². The molecule has 1 N–H and O–H groups in total. The molecular weight excluding hydrogens is 112 g/mol. The second-order valence-corrected chi connectivity index (χ2v) is 2.10. The molecule has 0 aromatic heterocycles. The van der Waals surface area contributed by atoms with Gasteiger partial charge in [0.05, 0.1) is 0 Å². The second-order valence-electron chi connectivity index (χ2n) is 2.10. The van der Waals surface area contributed by atoms with E-state index in [-0.39, 0.29) is 0 Å². The lowest BCUT2D eigenvalue weighted by molar-refractivity contribution is 0.426. The third kappa shape index (κ3) is 4.01. The van der Waals surface area contributed by atoms with Gasteiger partial charge in [-0.05, 0) is 12.8 Å². The maximum absolute atomic E-state index is 6.84. The summed E-state index contributed by atoms with van der Waals surface area (Å²) < 4.78 is 0. The Morgan fingerprint density at radius 1 is 1.22 bits per heavy atom. The summed E-state index contributed by atoms with van der Waals surface area (Å²) in [6.07, 6.45) is 4.59. The van der Waals surface area contributed by atoms with E-state index in [2.05, 4.69) is 20.2 Å². The van der Waals surface area contributed by atoms with Crippen LogP contribution in [0.5, 0.6) is 0 Å². The summed E-state index contributed by atoms with van der Waals surface area (Å²) in [5, 5.41) is 6.84. The molecule has 0 unspecified atom stereocenters. The van der Waals surface area contributed by atoms with Gasteiger partial charge in [-0.15, -0.1) is 0 Å². The van der Waals surface area contributed by atoms with Crippen LogP contribution in [-0.2, 0) is 0 Å². The van der Waals surface area contributed by atoms with E-state index in [0.29, 0.717) is 0 Å². The minimum atomic E-state index is 0.970. The van der Waals surface area contributed by atoms with Gasteiger partial charge in [-0.1, -0.05) is 13.8 Å². The van der Waals surface area contributed by atoms with E-state index >= 15 is 0 Å². The fourth-order valence-electron chi connectivity index (χ4n) is 0.763. The highest BCUT2D eigenvalue weighted by molar-refractivity contribution is 5.50.